The number of ether oxygens (including phenoxy) is 2. The number of halogens is 1. The van der Waals surface area contributed by atoms with Gasteiger partial charge < -0.3 is 29.6 Å². The van der Waals surface area contributed by atoms with Gasteiger partial charge in [-0.15, -0.1) is 0 Å². The Kier molecular flexibility index (Phi) is 10.7. The predicted octanol–water partition coefficient (Wildman–Crippen LogP) is 6.31. The molecule has 230 valence electrons. The molecule has 1 aromatic heterocycles. The number of aryl methyl sites for hydroxylation is 2. The Morgan fingerprint density at radius 2 is 1.77 bits per heavy atom. The van der Waals surface area contributed by atoms with Crippen molar-refractivity contribution in [2.24, 2.45) is 0 Å². The standard InChI is InChI=1S/C33H34FN3O7/c1-20(2)43-33(41)35-19-25-18-28(13-9-22(25)10-14-30(38)39)42-16-15-29-21(3)44-32(37-29)23-7-11-27(12-8-23)36-31(40)24-5-4-6-26(34)17-24/h4-9,11-13,17-18,20H,10,14-16,19H2,1-3H3,(H,35,41)(H,36,40)(H,38,39). The van der Waals surface area contributed by atoms with Crippen LogP contribution in [0, 0.1) is 12.7 Å². The molecule has 0 aliphatic carbocycles. The van der Waals surface area contributed by atoms with E-state index in [2.05, 4.69) is 15.6 Å². The minimum Gasteiger partial charge on any atom is -0.493 e. The third kappa shape index (κ3) is 9.15. The Morgan fingerprint density at radius 3 is 2.48 bits per heavy atom. The summed E-state index contributed by atoms with van der Waals surface area (Å²) in [6, 6.07) is 17.8. The molecule has 44 heavy (non-hydrogen) atoms. The average Bonchev–Trinajstić information content (AvgIpc) is 3.35. The van der Waals surface area contributed by atoms with E-state index in [0.29, 0.717) is 48.1 Å². The number of aromatic nitrogens is 1. The fraction of sp³-hybridized carbons (Fsp3) is 0.273. The minimum atomic E-state index is -0.908. The molecule has 0 saturated carbocycles. The maximum atomic E-state index is 13.4. The van der Waals surface area contributed by atoms with Gasteiger partial charge in [-0.1, -0.05) is 12.1 Å². The third-order valence-corrected chi connectivity index (χ3v) is 6.53. The number of hydrogen-bond acceptors (Lipinski definition) is 7. The Labute approximate surface area is 254 Å². The van der Waals surface area contributed by atoms with Gasteiger partial charge in [-0.2, -0.15) is 0 Å². The highest BCUT2D eigenvalue weighted by atomic mass is 19.1. The molecule has 4 aromatic rings. The number of benzene rings is 3. The van der Waals surface area contributed by atoms with Crippen LogP contribution in [-0.2, 0) is 28.9 Å². The van der Waals surface area contributed by atoms with Crippen LogP contribution in [0.15, 0.2) is 71.1 Å². The summed E-state index contributed by atoms with van der Waals surface area (Å²) in [6.07, 6.45) is -0.0870. The number of hydrogen-bond donors (Lipinski definition) is 3. The van der Waals surface area contributed by atoms with Crippen LogP contribution in [-0.4, -0.2) is 40.8 Å². The third-order valence-electron chi connectivity index (χ3n) is 6.53. The molecule has 10 nitrogen and oxygen atoms in total. The zero-order chi connectivity index (χ0) is 31.6. The van der Waals surface area contributed by atoms with Crippen molar-refractivity contribution in [3.63, 3.8) is 0 Å². The van der Waals surface area contributed by atoms with Gasteiger partial charge in [-0.05, 0) is 92.9 Å². The fourth-order valence-electron chi connectivity index (χ4n) is 4.34. The number of carboxylic acids is 1. The van der Waals surface area contributed by atoms with Gasteiger partial charge >= 0.3 is 12.1 Å². The van der Waals surface area contributed by atoms with Crippen LogP contribution in [0.1, 0.15) is 53.2 Å². The molecule has 1 heterocycles. The Bertz CT molecular complexity index is 1620. The van der Waals surface area contributed by atoms with Crippen LogP contribution < -0.4 is 15.4 Å². The highest BCUT2D eigenvalue weighted by molar-refractivity contribution is 6.04. The maximum absolute atomic E-state index is 13.4. The first-order valence-corrected chi connectivity index (χ1v) is 14.1. The van der Waals surface area contributed by atoms with Crippen LogP contribution in [0.2, 0.25) is 0 Å². The van der Waals surface area contributed by atoms with E-state index in [4.69, 9.17) is 19.0 Å². The number of carbonyl (C=O) groups excluding carboxylic acids is 2. The Morgan fingerprint density at radius 1 is 1.00 bits per heavy atom. The van der Waals surface area contributed by atoms with Gasteiger partial charge in [0.25, 0.3) is 5.91 Å². The van der Waals surface area contributed by atoms with Crippen molar-refractivity contribution < 1.29 is 37.8 Å². The van der Waals surface area contributed by atoms with Crippen molar-refractivity contribution in [1.82, 2.24) is 10.3 Å². The smallest absolute Gasteiger partial charge is 0.407 e. The summed E-state index contributed by atoms with van der Waals surface area (Å²) in [5, 5.41) is 14.5. The number of anilines is 1. The van der Waals surface area contributed by atoms with Gasteiger partial charge in [0.05, 0.1) is 18.4 Å². The minimum absolute atomic E-state index is 0.0380. The molecule has 0 unspecified atom stereocenters. The number of nitrogens with one attached hydrogen (secondary N) is 2. The molecule has 2 amide bonds. The van der Waals surface area contributed by atoms with Crippen molar-refractivity contribution in [2.45, 2.75) is 52.7 Å². The molecule has 0 radical (unpaired) electrons. The van der Waals surface area contributed by atoms with E-state index < -0.39 is 23.8 Å². The SMILES string of the molecule is Cc1oc(-c2ccc(NC(=O)c3cccc(F)c3)cc2)nc1CCOc1ccc(CCC(=O)O)c(CNC(=O)OC(C)C)c1. The Hall–Kier alpha value is -5.19. The van der Waals surface area contributed by atoms with Crippen LogP contribution in [0.5, 0.6) is 5.75 Å². The summed E-state index contributed by atoms with van der Waals surface area (Å²) in [4.78, 5) is 40.1. The first-order valence-electron chi connectivity index (χ1n) is 14.1. The van der Waals surface area contributed by atoms with Crippen LogP contribution in [0.4, 0.5) is 14.9 Å². The van der Waals surface area contributed by atoms with Crippen LogP contribution in [0.25, 0.3) is 11.5 Å². The summed E-state index contributed by atoms with van der Waals surface area (Å²) < 4.78 is 30.4. The average molecular weight is 604 g/mol. The van der Waals surface area contributed by atoms with Crippen LogP contribution in [0.3, 0.4) is 0 Å². The van der Waals surface area contributed by atoms with Crippen molar-refractivity contribution in [3.8, 4) is 17.2 Å². The summed E-state index contributed by atoms with van der Waals surface area (Å²) in [5.41, 5.74) is 3.73. The van der Waals surface area contributed by atoms with Gasteiger partial charge in [-0.3, -0.25) is 9.59 Å². The lowest BCUT2D eigenvalue weighted by Crippen LogP contribution is -2.26. The molecule has 0 atom stereocenters. The fourth-order valence-corrected chi connectivity index (χ4v) is 4.34. The number of oxazole rings is 1. The van der Waals surface area contributed by atoms with Crippen molar-refractivity contribution >= 4 is 23.7 Å². The molecule has 0 saturated heterocycles. The van der Waals surface area contributed by atoms with Gasteiger partial charge in [0.2, 0.25) is 5.89 Å². The first kappa shape index (κ1) is 31.7. The lowest BCUT2D eigenvalue weighted by molar-refractivity contribution is -0.136. The molecular weight excluding hydrogens is 569 g/mol. The molecule has 0 spiro atoms. The normalized spacial score (nSPS) is 10.8. The summed E-state index contributed by atoms with van der Waals surface area (Å²) >= 11 is 0. The summed E-state index contributed by atoms with van der Waals surface area (Å²) in [7, 11) is 0. The van der Waals surface area contributed by atoms with E-state index in [1.165, 1.54) is 24.3 Å². The largest absolute Gasteiger partial charge is 0.493 e. The van der Waals surface area contributed by atoms with E-state index in [0.717, 1.165) is 16.8 Å². The molecular formula is C33H34FN3O7. The summed E-state index contributed by atoms with van der Waals surface area (Å²) in [6.45, 7) is 5.78. The number of carboxylic acid groups (broad SMARTS) is 1. The van der Waals surface area contributed by atoms with E-state index in [1.807, 2.05) is 6.92 Å². The highest BCUT2D eigenvalue weighted by Crippen LogP contribution is 2.25. The second-order valence-corrected chi connectivity index (χ2v) is 10.3. The highest BCUT2D eigenvalue weighted by Gasteiger charge is 2.14. The molecule has 3 N–H and O–H groups in total. The lowest BCUT2D eigenvalue weighted by Gasteiger charge is -2.14. The molecule has 11 heteroatoms. The second-order valence-electron chi connectivity index (χ2n) is 10.3. The van der Waals surface area contributed by atoms with Crippen molar-refractivity contribution in [3.05, 3.63) is 101 Å². The topological polar surface area (TPSA) is 140 Å². The predicted molar refractivity (Wildman–Crippen MR) is 161 cm³/mol. The maximum Gasteiger partial charge on any atom is 0.407 e. The van der Waals surface area contributed by atoms with Gasteiger partial charge in [0.1, 0.15) is 17.3 Å². The van der Waals surface area contributed by atoms with Gasteiger partial charge in [0.15, 0.2) is 0 Å². The number of carbonyl (C=O) groups is 3. The first-order chi connectivity index (χ1) is 21.1. The van der Waals surface area contributed by atoms with Crippen molar-refractivity contribution in [1.29, 1.82) is 0 Å². The van der Waals surface area contributed by atoms with E-state index in [9.17, 15) is 18.8 Å². The lowest BCUT2D eigenvalue weighted by atomic mass is 10.0. The molecule has 0 aliphatic heterocycles. The number of nitrogens with zero attached hydrogens (tertiary/aromatic N) is 1. The van der Waals surface area contributed by atoms with Gasteiger partial charge in [-0.25, -0.2) is 14.2 Å². The monoisotopic (exact) mass is 603 g/mol. The van der Waals surface area contributed by atoms with E-state index in [-0.39, 0.29) is 24.6 Å². The molecule has 4 rings (SSSR count). The number of amides is 2. The summed E-state index contributed by atoms with van der Waals surface area (Å²) in [5.74, 6) is -0.181. The molecule has 0 aliphatic rings. The quantitative estimate of drug-likeness (QED) is 0.161. The zero-order valence-corrected chi connectivity index (χ0v) is 24.7. The van der Waals surface area contributed by atoms with Crippen LogP contribution >= 0.6 is 0 Å². The van der Waals surface area contributed by atoms with Gasteiger partial charge in [0, 0.05) is 36.2 Å². The van der Waals surface area contributed by atoms with E-state index >= 15 is 0 Å². The molecule has 0 bridgehead atoms. The molecule has 3 aromatic carbocycles. The number of rotatable bonds is 13. The zero-order valence-electron chi connectivity index (χ0n) is 24.7. The second kappa shape index (κ2) is 14.8. The Balaban J connectivity index is 1.36. The number of aliphatic carboxylic acids is 1. The molecule has 0 fully saturated rings. The van der Waals surface area contributed by atoms with E-state index in [1.54, 1.807) is 56.3 Å². The number of alkyl carbamates (subject to hydrolysis) is 1. The van der Waals surface area contributed by atoms with Crippen molar-refractivity contribution in [2.75, 3.05) is 11.9 Å².